The van der Waals surface area contributed by atoms with E-state index in [-0.39, 0.29) is 5.92 Å². The third kappa shape index (κ3) is 3.32. The SMILES string of the molecule is CCCCC(C)C(=O)N1CCCCC1. The summed E-state index contributed by atoms with van der Waals surface area (Å²) < 4.78 is 0. The van der Waals surface area contributed by atoms with Crippen LogP contribution >= 0.6 is 0 Å². The molecule has 1 atom stereocenters. The number of carbonyl (C=O) groups excluding carboxylic acids is 1. The molecule has 1 amide bonds. The van der Waals surface area contributed by atoms with E-state index in [4.69, 9.17) is 0 Å². The molecule has 0 radical (unpaired) electrons. The van der Waals surface area contributed by atoms with Gasteiger partial charge in [0.15, 0.2) is 0 Å². The molecule has 82 valence electrons. The molecule has 1 heterocycles. The second-order valence-electron chi connectivity index (χ2n) is 4.43. The third-order valence-electron chi connectivity index (χ3n) is 3.08. The molecule has 0 bridgehead atoms. The van der Waals surface area contributed by atoms with E-state index >= 15 is 0 Å². The molecule has 0 aromatic heterocycles. The highest BCUT2D eigenvalue weighted by Gasteiger charge is 2.21. The minimum Gasteiger partial charge on any atom is -0.342 e. The van der Waals surface area contributed by atoms with Crippen molar-refractivity contribution in [3.05, 3.63) is 0 Å². The van der Waals surface area contributed by atoms with Gasteiger partial charge in [0.2, 0.25) is 5.91 Å². The van der Waals surface area contributed by atoms with Crippen LogP contribution in [0.3, 0.4) is 0 Å². The Morgan fingerprint density at radius 3 is 2.50 bits per heavy atom. The molecular weight excluding hydrogens is 174 g/mol. The van der Waals surface area contributed by atoms with E-state index in [0.717, 1.165) is 19.5 Å². The molecule has 1 fully saturated rings. The monoisotopic (exact) mass is 197 g/mol. The minimum atomic E-state index is 0.244. The molecule has 14 heavy (non-hydrogen) atoms. The Labute approximate surface area is 87.7 Å². The summed E-state index contributed by atoms with van der Waals surface area (Å²) in [4.78, 5) is 14.0. The lowest BCUT2D eigenvalue weighted by Gasteiger charge is -2.29. The van der Waals surface area contributed by atoms with Crippen molar-refractivity contribution in [2.45, 2.75) is 52.4 Å². The van der Waals surface area contributed by atoms with E-state index in [2.05, 4.69) is 18.7 Å². The molecule has 0 saturated carbocycles. The van der Waals surface area contributed by atoms with Gasteiger partial charge in [-0.2, -0.15) is 0 Å². The quantitative estimate of drug-likeness (QED) is 0.678. The van der Waals surface area contributed by atoms with Gasteiger partial charge >= 0.3 is 0 Å². The van der Waals surface area contributed by atoms with Gasteiger partial charge in [-0.15, -0.1) is 0 Å². The van der Waals surface area contributed by atoms with E-state index < -0.39 is 0 Å². The number of piperidine rings is 1. The summed E-state index contributed by atoms with van der Waals surface area (Å²) in [6, 6.07) is 0. The highest BCUT2D eigenvalue weighted by Crippen LogP contribution is 2.15. The Morgan fingerprint density at radius 2 is 1.93 bits per heavy atom. The second-order valence-corrected chi connectivity index (χ2v) is 4.43. The first-order chi connectivity index (χ1) is 6.75. The predicted octanol–water partition coefficient (Wildman–Crippen LogP) is 2.83. The number of hydrogen-bond donors (Lipinski definition) is 0. The van der Waals surface area contributed by atoms with E-state index in [0.29, 0.717) is 5.91 Å². The van der Waals surface area contributed by atoms with Gasteiger partial charge in [0, 0.05) is 19.0 Å². The topological polar surface area (TPSA) is 20.3 Å². The van der Waals surface area contributed by atoms with Crippen molar-refractivity contribution in [1.82, 2.24) is 4.90 Å². The molecular formula is C12H23NO. The number of carbonyl (C=O) groups is 1. The lowest BCUT2D eigenvalue weighted by atomic mass is 10.0. The average Bonchev–Trinajstić information content (AvgIpc) is 2.26. The predicted molar refractivity (Wildman–Crippen MR) is 59.1 cm³/mol. The fraction of sp³-hybridized carbons (Fsp3) is 0.917. The molecule has 1 rings (SSSR count). The standard InChI is InChI=1S/C12H23NO/c1-3-4-8-11(2)12(14)13-9-6-5-7-10-13/h11H,3-10H2,1-2H3. The smallest absolute Gasteiger partial charge is 0.225 e. The number of rotatable bonds is 4. The summed E-state index contributed by atoms with van der Waals surface area (Å²) in [6.07, 6.45) is 7.13. The van der Waals surface area contributed by atoms with Crippen molar-refractivity contribution in [2.75, 3.05) is 13.1 Å². The van der Waals surface area contributed by atoms with Crippen LogP contribution in [0, 0.1) is 5.92 Å². The first kappa shape index (κ1) is 11.5. The average molecular weight is 197 g/mol. The summed E-state index contributed by atoms with van der Waals surface area (Å²) in [5.41, 5.74) is 0. The van der Waals surface area contributed by atoms with Gasteiger partial charge in [-0.05, 0) is 25.7 Å². The Hall–Kier alpha value is -0.530. The van der Waals surface area contributed by atoms with Gasteiger partial charge in [0.25, 0.3) is 0 Å². The van der Waals surface area contributed by atoms with Crippen molar-refractivity contribution in [1.29, 1.82) is 0 Å². The van der Waals surface area contributed by atoms with Gasteiger partial charge in [0.05, 0.1) is 0 Å². The fourth-order valence-electron chi connectivity index (χ4n) is 2.06. The van der Waals surface area contributed by atoms with Crippen LogP contribution in [0.1, 0.15) is 52.4 Å². The summed E-state index contributed by atoms with van der Waals surface area (Å²) >= 11 is 0. The number of hydrogen-bond acceptors (Lipinski definition) is 1. The lowest BCUT2D eigenvalue weighted by Crippen LogP contribution is -2.38. The number of likely N-dealkylation sites (tertiary alicyclic amines) is 1. The molecule has 0 spiro atoms. The maximum Gasteiger partial charge on any atom is 0.225 e. The Bertz CT molecular complexity index is 173. The van der Waals surface area contributed by atoms with Gasteiger partial charge in [0.1, 0.15) is 0 Å². The summed E-state index contributed by atoms with van der Waals surface area (Å²) in [6.45, 7) is 6.25. The molecule has 0 aromatic carbocycles. The zero-order chi connectivity index (χ0) is 10.4. The fourth-order valence-corrected chi connectivity index (χ4v) is 2.06. The van der Waals surface area contributed by atoms with Gasteiger partial charge in [-0.3, -0.25) is 4.79 Å². The Morgan fingerprint density at radius 1 is 1.29 bits per heavy atom. The van der Waals surface area contributed by atoms with Crippen LogP contribution in [0.4, 0.5) is 0 Å². The maximum absolute atomic E-state index is 11.9. The summed E-state index contributed by atoms with van der Waals surface area (Å²) in [7, 11) is 0. The minimum absolute atomic E-state index is 0.244. The highest BCUT2D eigenvalue weighted by atomic mass is 16.2. The molecule has 0 aliphatic carbocycles. The maximum atomic E-state index is 11.9. The Kier molecular flexibility index (Phi) is 4.99. The number of amides is 1. The zero-order valence-electron chi connectivity index (χ0n) is 9.59. The molecule has 1 unspecified atom stereocenters. The van der Waals surface area contributed by atoms with E-state index in [1.54, 1.807) is 0 Å². The largest absolute Gasteiger partial charge is 0.342 e. The molecule has 0 aromatic rings. The number of unbranched alkanes of at least 4 members (excludes halogenated alkanes) is 1. The van der Waals surface area contributed by atoms with Crippen molar-refractivity contribution in [2.24, 2.45) is 5.92 Å². The zero-order valence-corrected chi connectivity index (χ0v) is 9.59. The van der Waals surface area contributed by atoms with Crippen LogP contribution in [-0.4, -0.2) is 23.9 Å². The van der Waals surface area contributed by atoms with Crippen LogP contribution in [0.15, 0.2) is 0 Å². The van der Waals surface area contributed by atoms with Gasteiger partial charge in [-0.1, -0.05) is 26.7 Å². The van der Waals surface area contributed by atoms with Crippen molar-refractivity contribution >= 4 is 5.91 Å². The van der Waals surface area contributed by atoms with Crippen LogP contribution < -0.4 is 0 Å². The van der Waals surface area contributed by atoms with Gasteiger partial charge < -0.3 is 4.90 Å². The van der Waals surface area contributed by atoms with Crippen molar-refractivity contribution in [3.63, 3.8) is 0 Å². The normalized spacial score (nSPS) is 19.4. The Balaban J connectivity index is 2.30. The van der Waals surface area contributed by atoms with Crippen LogP contribution in [0.5, 0.6) is 0 Å². The molecule has 1 aliphatic heterocycles. The van der Waals surface area contributed by atoms with E-state index in [1.807, 2.05) is 0 Å². The second kappa shape index (κ2) is 6.05. The van der Waals surface area contributed by atoms with Crippen LogP contribution in [-0.2, 0) is 4.79 Å². The van der Waals surface area contributed by atoms with Crippen LogP contribution in [0.2, 0.25) is 0 Å². The molecule has 2 nitrogen and oxygen atoms in total. The molecule has 2 heteroatoms. The molecule has 1 aliphatic rings. The first-order valence-corrected chi connectivity index (χ1v) is 6.04. The summed E-state index contributed by atoms with van der Waals surface area (Å²) in [5, 5.41) is 0. The van der Waals surface area contributed by atoms with E-state index in [9.17, 15) is 4.79 Å². The van der Waals surface area contributed by atoms with Gasteiger partial charge in [-0.25, -0.2) is 0 Å². The van der Waals surface area contributed by atoms with E-state index in [1.165, 1.54) is 32.1 Å². The van der Waals surface area contributed by atoms with Crippen molar-refractivity contribution < 1.29 is 4.79 Å². The lowest BCUT2D eigenvalue weighted by molar-refractivity contribution is -0.136. The molecule has 1 saturated heterocycles. The van der Waals surface area contributed by atoms with Crippen LogP contribution in [0.25, 0.3) is 0 Å². The third-order valence-corrected chi connectivity index (χ3v) is 3.08. The molecule has 0 N–H and O–H groups in total. The summed E-state index contributed by atoms with van der Waals surface area (Å²) in [5.74, 6) is 0.631. The first-order valence-electron chi connectivity index (χ1n) is 6.04. The van der Waals surface area contributed by atoms with Crippen molar-refractivity contribution in [3.8, 4) is 0 Å². The number of nitrogens with zero attached hydrogens (tertiary/aromatic N) is 1. The highest BCUT2D eigenvalue weighted by molar-refractivity contribution is 5.78.